The molecule has 142 valence electrons. The summed E-state index contributed by atoms with van der Waals surface area (Å²) in [5.74, 6) is 2.64. The predicted octanol–water partition coefficient (Wildman–Crippen LogP) is 3.01. The van der Waals surface area contributed by atoms with E-state index in [9.17, 15) is 4.79 Å². The van der Waals surface area contributed by atoms with Crippen molar-refractivity contribution < 1.29 is 28.5 Å². The summed E-state index contributed by atoms with van der Waals surface area (Å²) in [4.78, 5) is 12.3. The van der Waals surface area contributed by atoms with Gasteiger partial charge in [-0.05, 0) is 48.2 Å². The van der Waals surface area contributed by atoms with Gasteiger partial charge in [-0.2, -0.15) is 0 Å². The Kier molecular flexibility index (Phi) is 4.79. The fourth-order valence-corrected chi connectivity index (χ4v) is 3.69. The number of esters is 1. The van der Waals surface area contributed by atoms with Crippen molar-refractivity contribution in [2.45, 2.75) is 12.8 Å². The fourth-order valence-electron chi connectivity index (χ4n) is 3.69. The summed E-state index contributed by atoms with van der Waals surface area (Å²) in [7, 11) is 3.21. The van der Waals surface area contributed by atoms with E-state index in [4.69, 9.17) is 23.7 Å². The smallest absolute Gasteiger partial charge is 0.309 e. The number of methoxy groups -OCH3 is 2. The zero-order valence-corrected chi connectivity index (χ0v) is 15.4. The summed E-state index contributed by atoms with van der Waals surface area (Å²) in [5.41, 5.74) is 2.13. The average Bonchev–Trinajstić information content (AvgIpc) is 3.29. The summed E-state index contributed by atoms with van der Waals surface area (Å²) < 4.78 is 26.8. The van der Waals surface area contributed by atoms with Crippen LogP contribution in [0.15, 0.2) is 36.4 Å². The van der Waals surface area contributed by atoms with E-state index in [0.29, 0.717) is 24.5 Å². The molecule has 0 aromatic heterocycles. The lowest BCUT2D eigenvalue weighted by Crippen LogP contribution is -2.20. The number of carbonyl (C=O) groups is 1. The Morgan fingerprint density at radius 2 is 1.63 bits per heavy atom. The van der Waals surface area contributed by atoms with E-state index in [0.717, 1.165) is 29.0 Å². The minimum absolute atomic E-state index is 0.117. The van der Waals surface area contributed by atoms with Crippen LogP contribution in [0.4, 0.5) is 0 Å². The highest BCUT2D eigenvalue weighted by Gasteiger charge is 2.37. The standard InChI is InChI=1S/C21H22O6/c1-23-17-5-3-14(9-19(17)24-2)8-16-15(11-25-21(16)22)7-13-4-6-18-20(10-13)27-12-26-18/h3-6,9-10,15-16H,7-8,11-12H2,1-2H3/t15-,16-/m1/s1. The predicted molar refractivity (Wildman–Crippen MR) is 97.5 cm³/mol. The SMILES string of the molecule is COc1ccc(C[C@H]2C(=O)OC[C@H]2Cc2ccc3c(c2)OCO3)cc1OC. The molecule has 6 heteroatoms. The number of rotatable bonds is 6. The first-order valence-corrected chi connectivity index (χ1v) is 8.94. The number of fused-ring (bicyclic) bond motifs is 1. The highest BCUT2D eigenvalue weighted by molar-refractivity contribution is 5.75. The second kappa shape index (κ2) is 7.39. The third-order valence-corrected chi connectivity index (χ3v) is 5.15. The minimum atomic E-state index is -0.187. The van der Waals surface area contributed by atoms with E-state index < -0.39 is 0 Å². The molecule has 2 heterocycles. The molecule has 0 spiro atoms. The Bertz CT molecular complexity index is 847. The first kappa shape index (κ1) is 17.5. The highest BCUT2D eigenvalue weighted by Crippen LogP contribution is 2.36. The summed E-state index contributed by atoms with van der Waals surface area (Å²) in [5, 5.41) is 0. The Hall–Kier alpha value is -2.89. The molecule has 0 unspecified atom stereocenters. The lowest BCUT2D eigenvalue weighted by atomic mass is 9.85. The van der Waals surface area contributed by atoms with Crippen LogP contribution in [-0.4, -0.2) is 33.6 Å². The van der Waals surface area contributed by atoms with Crippen molar-refractivity contribution in [3.8, 4) is 23.0 Å². The molecule has 2 aromatic carbocycles. The van der Waals surface area contributed by atoms with Crippen LogP contribution in [0.25, 0.3) is 0 Å². The normalized spacial score (nSPS) is 20.4. The van der Waals surface area contributed by atoms with Crippen molar-refractivity contribution in [1.29, 1.82) is 0 Å². The Labute approximate surface area is 157 Å². The molecule has 2 aromatic rings. The monoisotopic (exact) mass is 370 g/mol. The second-order valence-electron chi connectivity index (χ2n) is 6.78. The van der Waals surface area contributed by atoms with Gasteiger partial charge in [0.05, 0.1) is 26.7 Å². The van der Waals surface area contributed by atoms with Crippen LogP contribution in [0.1, 0.15) is 11.1 Å². The number of hydrogen-bond acceptors (Lipinski definition) is 6. The van der Waals surface area contributed by atoms with Crippen LogP contribution in [0, 0.1) is 11.8 Å². The molecule has 6 nitrogen and oxygen atoms in total. The lowest BCUT2D eigenvalue weighted by Gasteiger charge is -2.16. The van der Waals surface area contributed by atoms with E-state index in [-0.39, 0.29) is 24.6 Å². The lowest BCUT2D eigenvalue weighted by molar-refractivity contribution is -0.141. The zero-order chi connectivity index (χ0) is 18.8. The maximum atomic E-state index is 12.3. The molecular weight excluding hydrogens is 348 g/mol. The zero-order valence-electron chi connectivity index (χ0n) is 15.4. The molecule has 0 bridgehead atoms. The van der Waals surface area contributed by atoms with Gasteiger partial charge in [0.2, 0.25) is 6.79 Å². The van der Waals surface area contributed by atoms with E-state index >= 15 is 0 Å². The summed E-state index contributed by atoms with van der Waals surface area (Å²) in [6.07, 6.45) is 1.36. The van der Waals surface area contributed by atoms with Crippen LogP contribution in [0.3, 0.4) is 0 Å². The van der Waals surface area contributed by atoms with Gasteiger partial charge in [0.15, 0.2) is 23.0 Å². The van der Waals surface area contributed by atoms with Gasteiger partial charge in [-0.25, -0.2) is 0 Å². The maximum Gasteiger partial charge on any atom is 0.309 e. The van der Waals surface area contributed by atoms with Gasteiger partial charge in [-0.1, -0.05) is 12.1 Å². The molecule has 0 amide bonds. The van der Waals surface area contributed by atoms with Crippen molar-refractivity contribution in [3.05, 3.63) is 47.5 Å². The molecule has 0 saturated carbocycles. The molecule has 2 atom stereocenters. The molecule has 4 rings (SSSR count). The van der Waals surface area contributed by atoms with Crippen molar-refractivity contribution in [2.75, 3.05) is 27.6 Å². The number of benzene rings is 2. The van der Waals surface area contributed by atoms with Crippen LogP contribution < -0.4 is 18.9 Å². The number of ether oxygens (including phenoxy) is 5. The van der Waals surface area contributed by atoms with E-state index in [1.807, 2.05) is 36.4 Å². The average molecular weight is 370 g/mol. The molecule has 0 radical (unpaired) electrons. The Morgan fingerprint density at radius 3 is 2.44 bits per heavy atom. The van der Waals surface area contributed by atoms with Crippen molar-refractivity contribution in [3.63, 3.8) is 0 Å². The molecular formula is C21H22O6. The summed E-state index contributed by atoms with van der Waals surface area (Å²) >= 11 is 0. The Morgan fingerprint density at radius 1 is 0.889 bits per heavy atom. The third kappa shape index (κ3) is 3.52. The van der Waals surface area contributed by atoms with Gasteiger partial charge in [0, 0.05) is 5.92 Å². The quantitative estimate of drug-likeness (QED) is 0.729. The Balaban J connectivity index is 1.50. The van der Waals surface area contributed by atoms with Crippen molar-refractivity contribution in [1.82, 2.24) is 0 Å². The molecule has 1 saturated heterocycles. The van der Waals surface area contributed by atoms with Gasteiger partial charge in [0.1, 0.15) is 0 Å². The molecule has 2 aliphatic rings. The van der Waals surface area contributed by atoms with Gasteiger partial charge < -0.3 is 23.7 Å². The first-order valence-electron chi connectivity index (χ1n) is 8.94. The molecule has 27 heavy (non-hydrogen) atoms. The summed E-state index contributed by atoms with van der Waals surface area (Å²) in [6, 6.07) is 11.7. The molecule has 2 aliphatic heterocycles. The van der Waals surface area contributed by atoms with Gasteiger partial charge in [-0.15, -0.1) is 0 Å². The topological polar surface area (TPSA) is 63.2 Å². The summed E-state index contributed by atoms with van der Waals surface area (Å²) in [6.45, 7) is 0.691. The van der Waals surface area contributed by atoms with Gasteiger partial charge in [-0.3, -0.25) is 4.79 Å². The van der Waals surface area contributed by atoms with E-state index in [2.05, 4.69) is 0 Å². The molecule has 0 aliphatic carbocycles. The van der Waals surface area contributed by atoms with Crippen molar-refractivity contribution >= 4 is 5.97 Å². The van der Waals surface area contributed by atoms with Crippen LogP contribution in [0.5, 0.6) is 23.0 Å². The van der Waals surface area contributed by atoms with Gasteiger partial charge >= 0.3 is 5.97 Å². The largest absolute Gasteiger partial charge is 0.493 e. The molecule has 0 N–H and O–H groups in total. The number of hydrogen-bond donors (Lipinski definition) is 0. The minimum Gasteiger partial charge on any atom is -0.493 e. The number of cyclic esters (lactones) is 1. The maximum absolute atomic E-state index is 12.3. The van der Waals surface area contributed by atoms with E-state index in [1.165, 1.54) is 0 Å². The highest BCUT2D eigenvalue weighted by atomic mass is 16.7. The van der Waals surface area contributed by atoms with Crippen LogP contribution >= 0.6 is 0 Å². The fraction of sp³-hybridized carbons (Fsp3) is 0.381. The molecule has 1 fully saturated rings. The second-order valence-corrected chi connectivity index (χ2v) is 6.78. The van der Waals surface area contributed by atoms with Crippen molar-refractivity contribution in [2.24, 2.45) is 11.8 Å². The number of carbonyl (C=O) groups excluding carboxylic acids is 1. The van der Waals surface area contributed by atoms with E-state index in [1.54, 1.807) is 14.2 Å². The third-order valence-electron chi connectivity index (χ3n) is 5.15. The van der Waals surface area contributed by atoms with Crippen LogP contribution in [0.2, 0.25) is 0 Å². The van der Waals surface area contributed by atoms with Gasteiger partial charge in [0.25, 0.3) is 0 Å². The van der Waals surface area contributed by atoms with Crippen LogP contribution in [-0.2, 0) is 22.4 Å². The first-order chi connectivity index (χ1) is 13.2.